The van der Waals surface area contributed by atoms with Crippen molar-refractivity contribution in [3.63, 3.8) is 0 Å². The summed E-state index contributed by atoms with van der Waals surface area (Å²) in [5.41, 5.74) is -0.181. The van der Waals surface area contributed by atoms with Crippen molar-refractivity contribution >= 4 is 5.97 Å². The first kappa shape index (κ1) is 8.79. The number of rotatable bonds is 2. The number of carbonyl (C=O) groups is 1. The van der Waals surface area contributed by atoms with E-state index < -0.39 is 0 Å². The largest absolute Gasteiger partial charge is 0.465 e. The number of esters is 1. The Morgan fingerprint density at radius 1 is 1.62 bits per heavy atom. The molecule has 0 N–H and O–H groups in total. The monoisotopic (exact) mass is 180 g/mol. The highest BCUT2D eigenvalue weighted by Gasteiger charge is 2.51. The highest BCUT2D eigenvalue weighted by atomic mass is 16.5. The van der Waals surface area contributed by atoms with Gasteiger partial charge >= 0.3 is 5.97 Å². The molecule has 0 spiro atoms. The first-order valence-electron chi connectivity index (χ1n) is 5.08. The highest BCUT2D eigenvalue weighted by Crippen LogP contribution is 2.48. The maximum atomic E-state index is 11.7. The van der Waals surface area contributed by atoms with E-state index in [0.29, 0.717) is 12.5 Å². The Kier molecular flexibility index (Phi) is 2.14. The fourth-order valence-corrected chi connectivity index (χ4v) is 2.75. The Hall–Kier alpha value is -0.790. The van der Waals surface area contributed by atoms with Gasteiger partial charge in [-0.2, -0.15) is 0 Å². The molecule has 0 aromatic rings. The van der Waals surface area contributed by atoms with E-state index in [2.05, 4.69) is 6.58 Å². The van der Waals surface area contributed by atoms with Crippen LogP contribution in [0, 0.1) is 11.3 Å². The van der Waals surface area contributed by atoms with Crippen molar-refractivity contribution < 1.29 is 9.53 Å². The van der Waals surface area contributed by atoms with Crippen LogP contribution >= 0.6 is 0 Å². The molecule has 0 amide bonds. The van der Waals surface area contributed by atoms with Crippen LogP contribution in [-0.2, 0) is 9.53 Å². The smallest absolute Gasteiger partial charge is 0.312 e. The van der Waals surface area contributed by atoms with Crippen molar-refractivity contribution in [1.82, 2.24) is 0 Å². The summed E-state index contributed by atoms with van der Waals surface area (Å²) >= 11 is 0. The van der Waals surface area contributed by atoms with E-state index in [9.17, 15) is 4.79 Å². The van der Waals surface area contributed by atoms with E-state index in [4.69, 9.17) is 4.74 Å². The SMILES string of the molecule is C=CC[C@]12CCCC[C@H]1COC2=O. The summed E-state index contributed by atoms with van der Waals surface area (Å²) in [6, 6.07) is 0. The Morgan fingerprint density at radius 2 is 2.46 bits per heavy atom. The van der Waals surface area contributed by atoms with Gasteiger partial charge in [0.15, 0.2) is 0 Å². The van der Waals surface area contributed by atoms with E-state index in [1.807, 2.05) is 6.08 Å². The lowest BCUT2D eigenvalue weighted by Gasteiger charge is -2.33. The Balaban J connectivity index is 2.24. The van der Waals surface area contributed by atoms with Crippen molar-refractivity contribution in [2.24, 2.45) is 11.3 Å². The fourth-order valence-electron chi connectivity index (χ4n) is 2.75. The third-order valence-corrected chi connectivity index (χ3v) is 3.54. The third kappa shape index (κ3) is 1.19. The molecule has 72 valence electrons. The van der Waals surface area contributed by atoms with E-state index in [0.717, 1.165) is 19.3 Å². The van der Waals surface area contributed by atoms with Crippen LogP contribution < -0.4 is 0 Å². The molecule has 2 fully saturated rings. The van der Waals surface area contributed by atoms with Gasteiger partial charge in [0.1, 0.15) is 0 Å². The molecule has 1 aliphatic heterocycles. The summed E-state index contributed by atoms with van der Waals surface area (Å²) < 4.78 is 5.17. The van der Waals surface area contributed by atoms with Crippen LogP contribution in [0.2, 0.25) is 0 Å². The third-order valence-electron chi connectivity index (χ3n) is 3.54. The first-order chi connectivity index (χ1) is 6.29. The summed E-state index contributed by atoms with van der Waals surface area (Å²) in [6.07, 6.45) is 7.24. The van der Waals surface area contributed by atoms with Gasteiger partial charge in [-0.1, -0.05) is 18.9 Å². The number of allylic oxidation sites excluding steroid dienone is 1. The zero-order valence-corrected chi connectivity index (χ0v) is 7.92. The zero-order chi connectivity index (χ0) is 9.31. The van der Waals surface area contributed by atoms with Crippen LogP contribution in [0.25, 0.3) is 0 Å². The highest BCUT2D eigenvalue weighted by molar-refractivity contribution is 5.79. The summed E-state index contributed by atoms with van der Waals surface area (Å²) in [5, 5.41) is 0. The molecule has 2 heteroatoms. The molecular weight excluding hydrogens is 164 g/mol. The molecule has 2 aliphatic rings. The second-order valence-corrected chi connectivity index (χ2v) is 4.19. The predicted octanol–water partition coefficient (Wildman–Crippen LogP) is 2.30. The van der Waals surface area contributed by atoms with E-state index in [1.54, 1.807) is 0 Å². The van der Waals surface area contributed by atoms with Gasteiger partial charge in [0.05, 0.1) is 12.0 Å². The lowest BCUT2D eigenvalue weighted by atomic mass is 9.66. The minimum absolute atomic E-state index is 0.0251. The van der Waals surface area contributed by atoms with Crippen LogP contribution in [0.1, 0.15) is 32.1 Å². The average molecular weight is 180 g/mol. The first-order valence-corrected chi connectivity index (χ1v) is 5.08. The number of hydrogen-bond donors (Lipinski definition) is 0. The topological polar surface area (TPSA) is 26.3 Å². The minimum Gasteiger partial charge on any atom is -0.465 e. The van der Waals surface area contributed by atoms with Crippen molar-refractivity contribution in [2.75, 3.05) is 6.61 Å². The lowest BCUT2D eigenvalue weighted by molar-refractivity contribution is -0.147. The molecule has 1 aliphatic carbocycles. The van der Waals surface area contributed by atoms with Gasteiger partial charge in [0.2, 0.25) is 0 Å². The van der Waals surface area contributed by atoms with Crippen molar-refractivity contribution in [1.29, 1.82) is 0 Å². The molecule has 1 heterocycles. The van der Waals surface area contributed by atoms with E-state index >= 15 is 0 Å². The van der Waals surface area contributed by atoms with Crippen LogP contribution in [0.5, 0.6) is 0 Å². The van der Waals surface area contributed by atoms with Crippen molar-refractivity contribution in [3.05, 3.63) is 12.7 Å². The molecule has 0 aromatic heterocycles. The molecule has 1 saturated heterocycles. The molecule has 2 atom stereocenters. The maximum absolute atomic E-state index is 11.7. The zero-order valence-electron chi connectivity index (χ0n) is 7.92. The van der Waals surface area contributed by atoms with Crippen LogP contribution in [0.15, 0.2) is 12.7 Å². The molecule has 0 unspecified atom stereocenters. The molecule has 0 aromatic carbocycles. The van der Waals surface area contributed by atoms with E-state index in [1.165, 1.54) is 12.8 Å². The second kappa shape index (κ2) is 3.17. The lowest BCUT2D eigenvalue weighted by Crippen LogP contribution is -2.35. The van der Waals surface area contributed by atoms with Crippen LogP contribution in [0.3, 0.4) is 0 Å². The molecule has 0 radical (unpaired) electrons. The standard InChI is InChI=1S/C11H16O2/c1-2-6-11-7-4-3-5-9(11)8-13-10(11)12/h2,9H,1,3-8H2/t9-,11-/m0/s1. The summed E-state index contributed by atoms with van der Waals surface area (Å²) in [4.78, 5) is 11.7. The van der Waals surface area contributed by atoms with Crippen molar-refractivity contribution in [3.8, 4) is 0 Å². The number of ether oxygens (including phenoxy) is 1. The normalized spacial score (nSPS) is 38.2. The second-order valence-electron chi connectivity index (χ2n) is 4.19. The molecule has 2 rings (SSSR count). The van der Waals surface area contributed by atoms with Gasteiger partial charge in [-0.05, 0) is 19.3 Å². The Morgan fingerprint density at radius 3 is 3.23 bits per heavy atom. The van der Waals surface area contributed by atoms with Gasteiger partial charge in [-0.3, -0.25) is 4.79 Å². The molecule has 2 nitrogen and oxygen atoms in total. The summed E-state index contributed by atoms with van der Waals surface area (Å²) in [5.74, 6) is 0.490. The quantitative estimate of drug-likeness (QED) is 0.481. The van der Waals surface area contributed by atoms with Crippen LogP contribution in [0.4, 0.5) is 0 Å². The molecule has 1 saturated carbocycles. The van der Waals surface area contributed by atoms with Crippen molar-refractivity contribution in [2.45, 2.75) is 32.1 Å². The number of carbonyl (C=O) groups excluding carboxylic acids is 1. The van der Waals surface area contributed by atoms with Gasteiger partial charge in [0, 0.05) is 5.92 Å². The minimum atomic E-state index is -0.181. The van der Waals surface area contributed by atoms with Gasteiger partial charge in [-0.15, -0.1) is 6.58 Å². The molecule has 0 bridgehead atoms. The van der Waals surface area contributed by atoms with Crippen LogP contribution in [-0.4, -0.2) is 12.6 Å². The van der Waals surface area contributed by atoms with Gasteiger partial charge in [0.25, 0.3) is 0 Å². The van der Waals surface area contributed by atoms with Gasteiger partial charge in [-0.25, -0.2) is 0 Å². The molecular formula is C11H16O2. The number of fused-ring (bicyclic) bond motifs is 1. The Labute approximate surface area is 79.0 Å². The average Bonchev–Trinajstić information content (AvgIpc) is 2.46. The predicted molar refractivity (Wildman–Crippen MR) is 50.2 cm³/mol. The fraction of sp³-hybridized carbons (Fsp3) is 0.727. The summed E-state index contributed by atoms with van der Waals surface area (Å²) in [7, 11) is 0. The summed E-state index contributed by atoms with van der Waals surface area (Å²) in [6.45, 7) is 4.38. The van der Waals surface area contributed by atoms with E-state index in [-0.39, 0.29) is 11.4 Å². The number of cyclic esters (lactones) is 1. The van der Waals surface area contributed by atoms with Gasteiger partial charge < -0.3 is 4.74 Å². The number of hydrogen-bond acceptors (Lipinski definition) is 2. The maximum Gasteiger partial charge on any atom is 0.312 e. The molecule has 13 heavy (non-hydrogen) atoms. The Bertz CT molecular complexity index is 234.